The van der Waals surface area contributed by atoms with Crippen molar-refractivity contribution in [2.24, 2.45) is 5.84 Å². The van der Waals surface area contributed by atoms with Crippen LogP contribution in [0.5, 0.6) is 0 Å². The van der Waals surface area contributed by atoms with E-state index in [0.717, 1.165) is 6.42 Å². The van der Waals surface area contributed by atoms with E-state index in [1.165, 1.54) is 11.1 Å². The molecule has 3 heteroatoms. The maximum Gasteiger partial charge on any atom is 0.0635 e. The van der Waals surface area contributed by atoms with Gasteiger partial charge in [0, 0.05) is 13.0 Å². The van der Waals surface area contributed by atoms with Crippen LogP contribution in [0.4, 0.5) is 0 Å². The van der Waals surface area contributed by atoms with Gasteiger partial charge in [-0.25, -0.2) is 0 Å². The van der Waals surface area contributed by atoms with Crippen molar-refractivity contribution in [1.29, 1.82) is 0 Å². The Kier molecular flexibility index (Phi) is 2.82. The number of hydrogen-bond donors (Lipinski definition) is 2. The van der Waals surface area contributed by atoms with Gasteiger partial charge >= 0.3 is 0 Å². The van der Waals surface area contributed by atoms with Gasteiger partial charge in [-0.2, -0.15) is 0 Å². The maximum atomic E-state index is 5.50. The number of methoxy groups -OCH3 is 1. The van der Waals surface area contributed by atoms with Crippen LogP contribution in [-0.2, 0) is 11.2 Å². The average molecular weight is 192 g/mol. The highest BCUT2D eigenvalue weighted by molar-refractivity contribution is 5.41. The van der Waals surface area contributed by atoms with Gasteiger partial charge < -0.3 is 4.74 Å². The lowest BCUT2D eigenvalue weighted by Crippen LogP contribution is -2.46. The summed E-state index contributed by atoms with van der Waals surface area (Å²) >= 11 is 0. The lowest BCUT2D eigenvalue weighted by Gasteiger charge is -2.35. The van der Waals surface area contributed by atoms with Crippen molar-refractivity contribution in [3.05, 3.63) is 35.4 Å². The van der Waals surface area contributed by atoms with Gasteiger partial charge in [-0.05, 0) is 17.5 Å². The molecule has 0 heterocycles. The Bertz CT molecular complexity index is 314. The number of rotatable bonds is 4. The molecule has 0 fully saturated rings. The zero-order chi connectivity index (χ0) is 9.97. The number of hydrogen-bond acceptors (Lipinski definition) is 3. The minimum Gasteiger partial charge on any atom is -0.383 e. The SMILES string of the molecule is COCC(NN)C1Cc2ccccc21. The number of ether oxygens (including phenoxy) is 1. The Morgan fingerprint density at radius 3 is 3.00 bits per heavy atom. The molecule has 1 aromatic carbocycles. The van der Waals surface area contributed by atoms with Crippen molar-refractivity contribution >= 4 is 0 Å². The van der Waals surface area contributed by atoms with E-state index in [-0.39, 0.29) is 6.04 Å². The van der Waals surface area contributed by atoms with Crippen LogP contribution in [0, 0.1) is 0 Å². The zero-order valence-corrected chi connectivity index (χ0v) is 8.36. The van der Waals surface area contributed by atoms with Gasteiger partial charge in [-0.3, -0.25) is 11.3 Å². The molecule has 1 aliphatic rings. The lowest BCUT2D eigenvalue weighted by atomic mass is 9.74. The van der Waals surface area contributed by atoms with Crippen molar-refractivity contribution < 1.29 is 4.74 Å². The van der Waals surface area contributed by atoms with E-state index in [2.05, 4.69) is 29.7 Å². The first-order chi connectivity index (χ1) is 6.86. The predicted molar refractivity (Wildman–Crippen MR) is 55.9 cm³/mol. The second-order valence-electron chi connectivity index (χ2n) is 3.74. The molecule has 0 saturated heterocycles. The molecule has 0 spiro atoms. The highest BCUT2D eigenvalue weighted by atomic mass is 16.5. The standard InChI is InChI=1S/C11H16N2O/c1-14-7-11(13-12)10-6-8-4-2-3-5-9(8)10/h2-5,10-11,13H,6-7,12H2,1H3. The highest BCUT2D eigenvalue weighted by Crippen LogP contribution is 2.36. The highest BCUT2D eigenvalue weighted by Gasteiger charge is 2.31. The van der Waals surface area contributed by atoms with Crippen LogP contribution in [0.2, 0.25) is 0 Å². The Morgan fingerprint density at radius 2 is 2.36 bits per heavy atom. The van der Waals surface area contributed by atoms with Crippen LogP contribution >= 0.6 is 0 Å². The van der Waals surface area contributed by atoms with Crippen LogP contribution in [0.3, 0.4) is 0 Å². The molecule has 0 saturated carbocycles. The summed E-state index contributed by atoms with van der Waals surface area (Å²) < 4.78 is 5.12. The molecule has 3 N–H and O–H groups in total. The van der Waals surface area contributed by atoms with E-state index in [0.29, 0.717) is 12.5 Å². The van der Waals surface area contributed by atoms with Crippen LogP contribution in [-0.4, -0.2) is 19.8 Å². The van der Waals surface area contributed by atoms with Crippen LogP contribution < -0.4 is 11.3 Å². The van der Waals surface area contributed by atoms with Crippen molar-refractivity contribution in [2.75, 3.05) is 13.7 Å². The normalized spacial score (nSPS) is 21.1. The topological polar surface area (TPSA) is 47.3 Å². The summed E-state index contributed by atoms with van der Waals surface area (Å²) in [4.78, 5) is 0. The molecule has 0 amide bonds. The number of nitrogens with one attached hydrogen (secondary N) is 1. The number of hydrazine groups is 1. The van der Waals surface area contributed by atoms with E-state index in [1.807, 2.05) is 0 Å². The molecular weight excluding hydrogens is 176 g/mol. The van der Waals surface area contributed by atoms with Crippen LogP contribution in [0.25, 0.3) is 0 Å². The number of nitrogens with two attached hydrogens (primary N) is 1. The molecule has 3 nitrogen and oxygen atoms in total. The van der Waals surface area contributed by atoms with E-state index in [9.17, 15) is 0 Å². The van der Waals surface area contributed by atoms with Gasteiger partial charge in [0.15, 0.2) is 0 Å². The van der Waals surface area contributed by atoms with Crippen molar-refractivity contribution in [3.63, 3.8) is 0 Å². The third-order valence-corrected chi connectivity index (χ3v) is 2.94. The third-order valence-electron chi connectivity index (χ3n) is 2.94. The van der Waals surface area contributed by atoms with Gasteiger partial charge in [0.05, 0.1) is 12.6 Å². The Labute approximate surface area is 84.2 Å². The lowest BCUT2D eigenvalue weighted by molar-refractivity contribution is 0.150. The van der Waals surface area contributed by atoms with E-state index < -0.39 is 0 Å². The maximum absolute atomic E-state index is 5.50. The first-order valence-corrected chi connectivity index (χ1v) is 4.89. The minimum absolute atomic E-state index is 0.231. The molecule has 1 aromatic rings. The third kappa shape index (κ3) is 1.54. The molecule has 2 unspecified atom stereocenters. The van der Waals surface area contributed by atoms with Gasteiger partial charge in [-0.1, -0.05) is 24.3 Å². The molecule has 0 aliphatic heterocycles. The Hall–Kier alpha value is -0.900. The summed E-state index contributed by atoms with van der Waals surface area (Å²) in [7, 11) is 1.70. The molecule has 76 valence electrons. The van der Waals surface area contributed by atoms with Crippen molar-refractivity contribution in [1.82, 2.24) is 5.43 Å². The molecule has 1 aliphatic carbocycles. The van der Waals surface area contributed by atoms with Crippen LogP contribution in [0.15, 0.2) is 24.3 Å². The predicted octanol–water partition coefficient (Wildman–Crippen LogP) is 0.805. The largest absolute Gasteiger partial charge is 0.383 e. The quantitative estimate of drug-likeness (QED) is 0.548. The van der Waals surface area contributed by atoms with Gasteiger partial charge in [0.25, 0.3) is 0 Å². The average Bonchev–Trinajstić information content (AvgIpc) is 2.18. The summed E-state index contributed by atoms with van der Waals surface area (Å²) in [6.45, 7) is 0.662. The fraction of sp³-hybridized carbons (Fsp3) is 0.455. The zero-order valence-electron chi connectivity index (χ0n) is 8.36. The molecule has 2 atom stereocenters. The molecule has 0 radical (unpaired) electrons. The Balaban J connectivity index is 2.09. The second-order valence-corrected chi connectivity index (χ2v) is 3.74. The van der Waals surface area contributed by atoms with Crippen molar-refractivity contribution in [3.8, 4) is 0 Å². The summed E-state index contributed by atoms with van der Waals surface area (Å²) in [6, 6.07) is 8.73. The monoisotopic (exact) mass is 192 g/mol. The van der Waals surface area contributed by atoms with Gasteiger partial charge in [0.2, 0.25) is 0 Å². The number of fused-ring (bicyclic) bond motifs is 1. The fourth-order valence-corrected chi connectivity index (χ4v) is 2.12. The van der Waals surface area contributed by atoms with Crippen molar-refractivity contribution in [2.45, 2.75) is 18.4 Å². The number of benzene rings is 1. The first-order valence-electron chi connectivity index (χ1n) is 4.89. The van der Waals surface area contributed by atoms with E-state index in [1.54, 1.807) is 7.11 Å². The van der Waals surface area contributed by atoms with Gasteiger partial charge in [0.1, 0.15) is 0 Å². The molecule has 0 bridgehead atoms. The van der Waals surface area contributed by atoms with E-state index >= 15 is 0 Å². The summed E-state index contributed by atoms with van der Waals surface area (Å²) in [5.41, 5.74) is 5.67. The fourth-order valence-electron chi connectivity index (χ4n) is 2.12. The molecule has 14 heavy (non-hydrogen) atoms. The Morgan fingerprint density at radius 1 is 1.57 bits per heavy atom. The van der Waals surface area contributed by atoms with E-state index in [4.69, 9.17) is 10.6 Å². The summed E-state index contributed by atoms with van der Waals surface area (Å²) in [5.74, 6) is 6.01. The summed E-state index contributed by atoms with van der Waals surface area (Å²) in [5, 5.41) is 0. The minimum atomic E-state index is 0.231. The summed E-state index contributed by atoms with van der Waals surface area (Å²) in [6.07, 6.45) is 1.11. The van der Waals surface area contributed by atoms with Gasteiger partial charge in [-0.15, -0.1) is 0 Å². The first kappa shape index (κ1) is 9.65. The smallest absolute Gasteiger partial charge is 0.0635 e. The molecule has 0 aromatic heterocycles. The molecule has 2 rings (SSSR count). The second kappa shape index (κ2) is 4.09. The van der Waals surface area contributed by atoms with Crippen LogP contribution in [0.1, 0.15) is 17.0 Å². The molecular formula is C11H16N2O.